The number of rotatable bonds is 10. The number of sulfone groups is 1. The van der Waals surface area contributed by atoms with E-state index < -0.39 is 27.9 Å². The minimum Gasteiger partial charge on any atom is -0.464 e. The minimum absolute atomic E-state index is 0.0158. The molecule has 2 aromatic carbocycles. The van der Waals surface area contributed by atoms with Crippen molar-refractivity contribution < 1.29 is 27.5 Å². The number of carbonyl (C=O) groups excluding carboxylic acids is 2. The molecule has 0 radical (unpaired) electrons. The maximum atomic E-state index is 13.5. The van der Waals surface area contributed by atoms with Crippen LogP contribution in [0.15, 0.2) is 69.1 Å². The van der Waals surface area contributed by atoms with E-state index in [0.717, 1.165) is 54.8 Å². The Morgan fingerprint density at radius 1 is 1.05 bits per heavy atom. The van der Waals surface area contributed by atoms with Crippen molar-refractivity contribution in [2.75, 3.05) is 25.4 Å². The fraction of sp³-hybridized carbons (Fsp3) is 0.419. The molecule has 1 unspecified atom stereocenters. The highest BCUT2D eigenvalue weighted by atomic mass is 32.2. The van der Waals surface area contributed by atoms with Crippen LogP contribution in [0, 0.1) is 0 Å². The summed E-state index contributed by atoms with van der Waals surface area (Å²) in [6, 6.07) is 13.2. The van der Waals surface area contributed by atoms with Crippen LogP contribution in [0.5, 0.6) is 0 Å². The molecule has 0 spiro atoms. The number of carbonyl (C=O) groups is 2. The van der Waals surface area contributed by atoms with Crippen molar-refractivity contribution in [2.24, 2.45) is 10.1 Å². The van der Waals surface area contributed by atoms with Gasteiger partial charge in [0.2, 0.25) is 5.96 Å². The smallest absolute Gasteiger partial charge is 0.408 e. The number of hydrazone groups is 1. The minimum atomic E-state index is -3.78. The van der Waals surface area contributed by atoms with Crippen LogP contribution in [-0.4, -0.2) is 63.6 Å². The summed E-state index contributed by atoms with van der Waals surface area (Å²) in [5.74, 6) is -0.396. The third-order valence-corrected chi connectivity index (χ3v) is 9.43. The Bertz CT molecular complexity index is 1550. The van der Waals surface area contributed by atoms with Crippen molar-refractivity contribution in [2.45, 2.75) is 63.0 Å². The number of hydrogen-bond donors (Lipinski definition) is 3. The van der Waals surface area contributed by atoms with Crippen molar-refractivity contribution in [1.82, 2.24) is 16.1 Å². The standard InChI is InChI=1S/C31H37N5O6S/c1-2-41-29(37)28(34-31(38)42-20-21-7-4-3-5-8-21)15-18-43(39,40)23-12-13-24-22(19-23)11-14-27(26-10-6-9-25(24)26)35-36-30-32-16-17-33-30/h3-5,7-8,12-13,19,28H,2,6,9-11,14-18,20H2,1H3,(H,34,38)(H2,32,33,36)/b35-27+. The summed E-state index contributed by atoms with van der Waals surface area (Å²) >= 11 is 0. The van der Waals surface area contributed by atoms with Crippen LogP contribution < -0.4 is 16.1 Å². The highest BCUT2D eigenvalue weighted by molar-refractivity contribution is 7.91. The molecule has 1 aliphatic heterocycles. The van der Waals surface area contributed by atoms with Crippen molar-refractivity contribution in [3.05, 3.63) is 70.8 Å². The van der Waals surface area contributed by atoms with Crippen LogP contribution in [0.1, 0.15) is 55.7 Å². The monoisotopic (exact) mass is 607 g/mol. The lowest BCUT2D eigenvalue weighted by molar-refractivity contribution is -0.145. The van der Waals surface area contributed by atoms with E-state index in [2.05, 4.69) is 26.2 Å². The van der Waals surface area contributed by atoms with Gasteiger partial charge in [-0.2, -0.15) is 5.10 Å². The first-order valence-corrected chi connectivity index (χ1v) is 16.3. The summed E-state index contributed by atoms with van der Waals surface area (Å²) in [7, 11) is -3.78. The van der Waals surface area contributed by atoms with Gasteiger partial charge in [0.05, 0.1) is 29.5 Å². The summed E-state index contributed by atoms with van der Waals surface area (Å²) in [4.78, 5) is 29.6. The third kappa shape index (κ3) is 7.61. The number of guanidine groups is 1. The van der Waals surface area contributed by atoms with E-state index in [4.69, 9.17) is 9.47 Å². The SMILES string of the molecule is CCOC(=O)C(CCS(=O)(=O)c1ccc2c(c1)CC/C(=N\NC1=NCCN1)C1=C2CCC1)NC(=O)OCc1ccccc1. The van der Waals surface area contributed by atoms with E-state index in [1.807, 2.05) is 24.3 Å². The molecule has 11 nitrogen and oxygen atoms in total. The Kier molecular flexibility index (Phi) is 9.75. The first-order chi connectivity index (χ1) is 20.8. The summed E-state index contributed by atoms with van der Waals surface area (Å²) in [6.07, 6.45) is 3.22. The van der Waals surface area contributed by atoms with Crippen LogP contribution in [0.2, 0.25) is 0 Å². The van der Waals surface area contributed by atoms with Gasteiger partial charge in [-0.05, 0) is 85.4 Å². The van der Waals surface area contributed by atoms with Crippen molar-refractivity contribution in [3.8, 4) is 0 Å². The van der Waals surface area contributed by atoms with Gasteiger partial charge < -0.3 is 20.1 Å². The van der Waals surface area contributed by atoms with Gasteiger partial charge in [-0.1, -0.05) is 36.4 Å². The molecule has 12 heteroatoms. The van der Waals surface area contributed by atoms with E-state index in [0.29, 0.717) is 18.8 Å². The van der Waals surface area contributed by atoms with Crippen molar-refractivity contribution in [1.29, 1.82) is 0 Å². The molecule has 1 atom stereocenters. The predicted molar refractivity (Wildman–Crippen MR) is 163 cm³/mol. The molecule has 3 aliphatic rings. The van der Waals surface area contributed by atoms with Crippen LogP contribution in [0.3, 0.4) is 0 Å². The highest BCUT2D eigenvalue weighted by Gasteiger charge is 2.29. The molecule has 43 heavy (non-hydrogen) atoms. The number of alkyl carbamates (subject to hydrolysis) is 1. The van der Waals surface area contributed by atoms with Crippen molar-refractivity contribution >= 4 is 39.1 Å². The fourth-order valence-electron chi connectivity index (χ4n) is 5.53. The van der Waals surface area contributed by atoms with Gasteiger partial charge in [0, 0.05) is 6.54 Å². The normalized spacial score (nSPS) is 17.7. The van der Waals surface area contributed by atoms with Gasteiger partial charge in [-0.3, -0.25) is 0 Å². The first-order valence-electron chi connectivity index (χ1n) is 14.7. The Labute approximate surface area is 251 Å². The molecule has 2 aliphatic carbocycles. The van der Waals surface area contributed by atoms with Crippen LogP contribution >= 0.6 is 0 Å². The molecule has 2 aromatic rings. The molecular formula is C31H37N5O6S. The molecule has 0 aromatic heterocycles. The van der Waals surface area contributed by atoms with Gasteiger partial charge >= 0.3 is 12.1 Å². The van der Waals surface area contributed by atoms with E-state index in [1.165, 1.54) is 11.1 Å². The van der Waals surface area contributed by atoms with Crippen LogP contribution in [-0.2, 0) is 37.1 Å². The fourth-order valence-corrected chi connectivity index (χ4v) is 6.91. The largest absolute Gasteiger partial charge is 0.464 e. The number of amides is 1. The molecular weight excluding hydrogens is 570 g/mol. The summed E-state index contributed by atoms with van der Waals surface area (Å²) < 4.78 is 37.3. The van der Waals surface area contributed by atoms with Gasteiger partial charge in [-0.25, -0.2) is 28.4 Å². The second kappa shape index (κ2) is 13.9. The van der Waals surface area contributed by atoms with E-state index >= 15 is 0 Å². The lowest BCUT2D eigenvalue weighted by Gasteiger charge is -2.18. The molecule has 1 amide bonds. The van der Waals surface area contributed by atoms with Crippen LogP contribution in [0.25, 0.3) is 5.57 Å². The number of hydrogen-bond acceptors (Lipinski definition) is 10. The second-order valence-corrected chi connectivity index (χ2v) is 12.7. The number of esters is 1. The predicted octanol–water partition coefficient (Wildman–Crippen LogP) is 3.50. The number of nitrogens with one attached hydrogen (secondary N) is 3. The van der Waals surface area contributed by atoms with Gasteiger partial charge in [0.25, 0.3) is 0 Å². The zero-order chi connectivity index (χ0) is 30.2. The molecule has 0 saturated heterocycles. The Hall–Kier alpha value is -4.19. The Balaban J connectivity index is 1.27. The lowest BCUT2D eigenvalue weighted by atomic mass is 9.97. The quantitative estimate of drug-likeness (QED) is 0.275. The molecule has 228 valence electrons. The zero-order valence-electron chi connectivity index (χ0n) is 24.2. The van der Waals surface area contributed by atoms with E-state index in [-0.39, 0.29) is 30.3 Å². The Morgan fingerprint density at radius 3 is 2.63 bits per heavy atom. The van der Waals surface area contributed by atoms with Crippen LogP contribution in [0.4, 0.5) is 4.79 Å². The molecule has 0 saturated carbocycles. The number of aliphatic imine (C=N–C) groups is 1. The number of allylic oxidation sites excluding steroid dienone is 2. The number of ether oxygens (including phenoxy) is 2. The third-order valence-electron chi connectivity index (χ3n) is 7.68. The van der Waals surface area contributed by atoms with Crippen molar-refractivity contribution in [3.63, 3.8) is 0 Å². The molecule has 0 bridgehead atoms. The number of aryl methyl sites for hydroxylation is 1. The Morgan fingerprint density at radius 2 is 1.86 bits per heavy atom. The average molecular weight is 608 g/mol. The number of nitrogens with zero attached hydrogens (tertiary/aromatic N) is 2. The maximum absolute atomic E-state index is 13.5. The van der Waals surface area contributed by atoms with E-state index in [9.17, 15) is 18.0 Å². The number of fused-ring (bicyclic) bond motifs is 2. The highest BCUT2D eigenvalue weighted by Crippen LogP contribution is 2.40. The second-order valence-electron chi connectivity index (χ2n) is 10.6. The molecule has 1 heterocycles. The summed E-state index contributed by atoms with van der Waals surface area (Å²) in [5.41, 5.74) is 9.29. The molecule has 5 rings (SSSR count). The maximum Gasteiger partial charge on any atom is 0.408 e. The summed E-state index contributed by atoms with van der Waals surface area (Å²) in [5, 5.41) is 10.3. The summed E-state index contributed by atoms with van der Waals surface area (Å²) in [6.45, 7) is 3.27. The topological polar surface area (TPSA) is 148 Å². The zero-order valence-corrected chi connectivity index (χ0v) is 25.0. The number of benzene rings is 2. The van der Waals surface area contributed by atoms with Gasteiger partial charge in [0.1, 0.15) is 12.6 Å². The average Bonchev–Trinajstić information content (AvgIpc) is 3.69. The van der Waals surface area contributed by atoms with E-state index in [1.54, 1.807) is 31.2 Å². The van der Waals surface area contributed by atoms with Gasteiger partial charge in [-0.15, -0.1) is 0 Å². The molecule has 3 N–H and O–H groups in total. The lowest BCUT2D eigenvalue weighted by Crippen LogP contribution is -2.43. The first kappa shape index (κ1) is 30.3. The molecule has 0 fully saturated rings. The van der Waals surface area contributed by atoms with Gasteiger partial charge in [0.15, 0.2) is 9.84 Å².